The van der Waals surface area contributed by atoms with Gasteiger partial charge in [0.1, 0.15) is 12.4 Å². The maximum atomic E-state index is 2.33. The largest absolute Gasteiger partial charge is 1.00 e. The fraction of sp³-hybridized carbons (Fsp3) is 0.727. The van der Waals surface area contributed by atoms with Crippen molar-refractivity contribution in [2.75, 3.05) is 0 Å². The summed E-state index contributed by atoms with van der Waals surface area (Å²) in [7, 11) is 2.10. The lowest BCUT2D eigenvalue weighted by molar-refractivity contribution is -0.702. The minimum Gasteiger partial charge on any atom is -1.00 e. The van der Waals surface area contributed by atoms with Crippen molar-refractivity contribution in [1.29, 1.82) is 0 Å². The van der Waals surface area contributed by atoms with E-state index in [1.807, 2.05) is 0 Å². The van der Waals surface area contributed by atoms with Crippen LogP contribution in [0.25, 0.3) is 0 Å². The van der Waals surface area contributed by atoms with E-state index in [0.29, 0.717) is 0 Å². The van der Waals surface area contributed by atoms with Gasteiger partial charge < -0.3 is 12.4 Å². The van der Waals surface area contributed by atoms with Crippen molar-refractivity contribution in [3.63, 3.8) is 0 Å². The highest BCUT2D eigenvalue weighted by molar-refractivity contribution is 4.76. The summed E-state index contributed by atoms with van der Waals surface area (Å²) < 4.78 is 4.50. The van der Waals surface area contributed by atoms with Crippen molar-refractivity contribution < 1.29 is 17.0 Å². The van der Waals surface area contributed by atoms with Gasteiger partial charge in [-0.3, -0.25) is 0 Å². The van der Waals surface area contributed by atoms with Gasteiger partial charge in [0.15, 0.2) is 0 Å². The van der Waals surface area contributed by atoms with Crippen molar-refractivity contribution >= 4 is 0 Å². The van der Waals surface area contributed by atoms with Gasteiger partial charge in [-0.15, -0.1) is 0 Å². The molecule has 3 heteroatoms. The van der Waals surface area contributed by atoms with E-state index in [2.05, 4.69) is 42.4 Å². The van der Waals surface area contributed by atoms with Crippen LogP contribution in [0.4, 0.5) is 0 Å². The first kappa shape index (κ1) is 13.5. The van der Waals surface area contributed by atoms with Crippen LogP contribution in [-0.2, 0) is 13.6 Å². The van der Waals surface area contributed by atoms with Crippen LogP contribution < -0.4 is 17.0 Å². The second-order valence-corrected chi connectivity index (χ2v) is 3.71. The summed E-state index contributed by atoms with van der Waals surface area (Å²) in [5.41, 5.74) is 0. The van der Waals surface area contributed by atoms with E-state index in [9.17, 15) is 0 Å². The molecule has 0 unspecified atom stereocenters. The molecule has 0 saturated carbocycles. The highest BCUT2D eigenvalue weighted by Crippen LogP contribution is 1.99. The topological polar surface area (TPSA) is 8.81 Å². The molecule has 0 aromatic carbocycles. The van der Waals surface area contributed by atoms with Crippen LogP contribution >= 0.6 is 0 Å². The maximum Gasteiger partial charge on any atom is 0.253 e. The van der Waals surface area contributed by atoms with E-state index in [4.69, 9.17) is 0 Å². The molecule has 1 heterocycles. The monoisotopic (exact) mass is 216 g/mol. The molecular weight excluding hydrogens is 196 g/mol. The zero-order valence-corrected chi connectivity index (χ0v) is 10.2. The lowest BCUT2D eigenvalue weighted by Crippen LogP contribution is -3.00. The van der Waals surface area contributed by atoms with Crippen LogP contribution in [0, 0.1) is 6.92 Å². The number of rotatable bonds is 5. The number of nitrogens with zero attached hydrogens (tertiary/aromatic N) is 2. The van der Waals surface area contributed by atoms with Gasteiger partial charge in [0.25, 0.3) is 5.82 Å². The van der Waals surface area contributed by atoms with Gasteiger partial charge in [-0.05, 0) is 12.8 Å². The molecule has 0 bridgehead atoms. The average molecular weight is 217 g/mol. The minimum atomic E-state index is 0. The lowest BCUT2D eigenvalue weighted by Gasteiger charge is -1.98. The smallest absolute Gasteiger partial charge is 0.253 e. The van der Waals surface area contributed by atoms with E-state index < -0.39 is 0 Å². The Labute approximate surface area is 93.4 Å². The number of aryl methyl sites for hydroxylation is 2. The molecule has 1 rings (SSSR count). The Kier molecular flexibility index (Phi) is 6.64. The van der Waals surface area contributed by atoms with Crippen molar-refractivity contribution in [2.45, 2.75) is 46.1 Å². The Balaban J connectivity index is 0.00000169. The summed E-state index contributed by atoms with van der Waals surface area (Å²) in [6.07, 6.45) is 9.64. The number of halogens is 1. The molecule has 14 heavy (non-hydrogen) atoms. The Morgan fingerprint density at radius 3 is 2.50 bits per heavy atom. The van der Waals surface area contributed by atoms with Crippen LogP contribution in [-0.4, -0.2) is 4.57 Å². The third-order valence-corrected chi connectivity index (χ3v) is 2.65. The van der Waals surface area contributed by atoms with Gasteiger partial charge in [-0.2, -0.15) is 0 Å². The Hall–Kier alpha value is -0.500. The van der Waals surface area contributed by atoms with E-state index in [0.717, 1.165) is 0 Å². The predicted octanol–water partition coefficient (Wildman–Crippen LogP) is -0.795. The molecule has 0 spiro atoms. The van der Waals surface area contributed by atoms with Gasteiger partial charge in [-0.1, -0.05) is 19.8 Å². The van der Waals surface area contributed by atoms with E-state index in [1.54, 1.807) is 0 Å². The number of hydrogen-bond donors (Lipinski definition) is 0. The summed E-state index contributed by atoms with van der Waals surface area (Å²) in [5.74, 6) is 1.34. The quantitative estimate of drug-likeness (QED) is 0.451. The van der Waals surface area contributed by atoms with Crippen molar-refractivity contribution in [1.82, 2.24) is 4.57 Å². The molecule has 1 aromatic rings. The molecule has 82 valence electrons. The highest BCUT2D eigenvalue weighted by Gasteiger charge is 2.06. The molecule has 0 fully saturated rings. The second kappa shape index (κ2) is 6.88. The van der Waals surface area contributed by atoms with Crippen molar-refractivity contribution in [3.05, 3.63) is 18.2 Å². The van der Waals surface area contributed by atoms with Crippen LogP contribution in [0.3, 0.4) is 0 Å². The number of aromatic nitrogens is 2. The molecule has 0 aliphatic rings. The summed E-state index contributed by atoms with van der Waals surface area (Å²) in [6.45, 7) is 5.59. The zero-order valence-electron chi connectivity index (χ0n) is 9.46. The van der Waals surface area contributed by atoms with Crippen molar-refractivity contribution in [3.8, 4) is 0 Å². The van der Waals surface area contributed by atoms with E-state index >= 15 is 0 Å². The summed E-state index contributed by atoms with van der Waals surface area (Å²) >= 11 is 0. The Bertz CT molecular complexity index is 256. The molecule has 0 aliphatic heterocycles. The molecule has 0 aliphatic carbocycles. The van der Waals surface area contributed by atoms with Gasteiger partial charge in [0.2, 0.25) is 0 Å². The number of hydrogen-bond acceptors (Lipinski definition) is 0. The van der Waals surface area contributed by atoms with E-state index in [1.165, 1.54) is 38.1 Å². The highest BCUT2D eigenvalue weighted by atomic mass is 35.5. The van der Waals surface area contributed by atoms with Gasteiger partial charge in [-0.25, -0.2) is 9.13 Å². The molecule has 0 radical (unpaired) electrons. The Morgan fingerprint density at radius 2 is 2.00 bits per heavy atom. The van der Waals surface area contributed by atoms with Gasteiger partial charge in [0.05, 0.1) is 13.6 Å². The molecule has 0 atom stereocenters. The fourth-order valence-electron chi connectivity index (χ4n) is 1.54. The van der Waals surface area contributed by atoms with Crippen LogP contribution in [0.15, 0.2) is 12.4 Å². The number of imidazole rings is 1. The molecule has 0 amide bonds. The average Bonchev–Trinajstić information content (AvgIpc) is 2.43. The predicted molar refractivity (Wildman–Crippen MR) is 54.5 cm³/mol. The second-order valence-electron chi connectivity index (χ2n) is 3.71. The molecule has 1 aromatic heterocycles. The van der Waals surface area contributed by atoms with Crippen molar-refractivity contribution in [2.24, 2.45) is 7.05 Å². The van der Waals surface area contributed by atoms with Crippen LogP contribution in [0.5, 0.6) is 0 Å². The minimum absolute atomic E-state index is 0. The lowest BCUT2D eigenvalue weighted by atomic mass is 10.2. The first-order valence-electron chi connectivity index (χ1n) is 5.27. The molecule has 2 nitrogen and oxygen atoms in total. The molecular formula is C11H21ClN2. The zero-order chi connectivity index (χ0) is 9.68. The SMILES string of the molecule is CCCCCC[n+]1ccn(C)c1C.[Cl-]. The third-order valence-electron chi connectivity index (χ3n) is 2.65. The molecule has 0 saturated heterocycles. The van der Waals surface area contributed by atoms with Crippen LogP contribution in [0.1, 0.15) is 38.4 Å². The first-order chi connectivity index (χ1) is 6.25. The standard InChI is InChI=1S/C11H21N2.ClH/c1-4-5-6-7-8-13-10-9-12(3)11(13)2;/h9-10H,4-8H2,1-3H3;1H/q+1;/p-1. The maximum absolute atomic E-state index is 2.33. The number of unbranched alkanes of at least 4 members (excludes halogenated alkanes) is 3. The van der Waals surface area contributed by atoms with Crippen LogP contribution in [0.2, 0.25) is 0 Å². The van der Waals surface area contributed by atoms with Gasteiger partial charge >= 0.3 is 0 Å². The summed E-state index contributed by atoms with van der Waals surface area (Å²) in [5, 5.41) is 0. The van der Waals surface area contributed by atoms with E-state index in [-0.39, 0.29) is 12.4 Å². The van der Waals surface area contributed by atoms with Gasteiger partial charge in [0, 0.05) is 6.92 Å². The first-order valence-corrected chi connectivity index (χ1v) is 5.27. The third kappa shape index (κ3) is 3.70. The summed E-state index contributed by atoms with van der Waals surface area (Å²) in [4.78, 5) is 0. The Morgan fingerprint density at radius 1 is 1.29 bits per heavy atom. The normalized spacial score (nSPS) is 9.93. The molecule has 0 N–H and O–H groups in total. The summed E-state index contributed by atoms with van der Waals surface area (Å²) in [6, 6.07) is 0. The fourth-order valence-corrected chi connectivity index (χ4v) is 1.54.